The van der Waals surface area contributed by atoms with E-state index in [1.54, 1.807) is 11.8 Å². The summed E-state index contributed by atoms with van der Waals surface area (Å²) in [4.78, 5) is 12.3. The van der Waals surface area contributed by atoms with Crippen LogP contribution in [0.1, 0.15) is 40.5 Å². The number of hydrogen-bond donors (Lipinski definition) is 3. The van der Waals surface area contributed by atoms with Gasteiger partial charge in [-0.2, -0.15) is 11.8 Å². The molecule has 118 valence electrons. The number of aliphatic hydroxyl groups excluding tert-OH is 2. The van der Waals surface area contributed by atoms with Crippen LogP contribution in [0.15, 0.2) is 12.3 Å². The highest BCUT2D eigenvalue weighted by Crippen LogP contribution is 2.26. The van der Waals surface area contributed by atoms with Gasteiger partial charge in [-0.25, -0.2) is 0 Å². The highest BCUT2D eigenvalue weighted by atomic mass is 32.2. The number of hydrogen-bond acceptors (Lipinski definition) is 4. The van der Waals surface area contributed by atoms with Crippen LogP contribution in [0.2, 0.25) is 0 Å². The maximum absolute atomic E-state index is 12.3. The Bertz CT molecular complexity index is 306. The Kier molecular flexibility index (Phi) is 8.98. The van der Waals surface area contributed by atoms with Gasteiger partial charge in [-0.15, -0.1) is 0 Å². The lowest BCUT2D eigenvalue weighted by Crippen LogP contribution is -2.48. The van der Waals surface area contributed by atoms with Crippen molar-refractivity contribution in [2.45, 2.75) is 46.6 Å². The van der Waals surface area contributed by atoms with Crippen molar-refractivity contribution >= 4 is 17.7 Å². The summed E-state index contributed by atoms with van der Waals surface area (Å²) in [5, 5.41) is 21.9. The van der Waals surface area contributed by atoms with Gasteiger partial charge in [0.1, 0.15) is 5.76 Å². The molecule has 0 aromatic rings. The van der Waals surface area contributed by atoms with E-state index in [9.17, 15) is 15.0 Å². The lowest BCUT2D eigenvalue weighted by atomic mass is 9.82. The van der Waals surface area contributed by atoms with E-state index < -0.39 is 11.5 Å². The van der Waals surface area contributed by atoms with Gasteiger partial charge in [0.25, 0.3) is 0 Å². The van der Waals surface area contributed by atoms with Crippen molar-refractivity contribution in [2.24, 2.45) is 11.3 Å². The molecule has 5 heteroatoms. The van der Waals surface area contributed by atoms with Gasteiger partial charge in [-0.1, -0.05) is 34.3 Å². The summed E-state index contributed by atoms with van der Waals surface area (Å²) in [7, 11) is 0. The summed E-state index contributed by atoms with van der Waals surface area (Å²) >= 11 is 1.68. The maximum atomic E-state index is 12.3. The lowest BCUT2D eigenvalue weighted by molar-refractivity contribution is -0.134. The fraction of sp³-hybridized carbons (Fsp3) is 0.800. The zero-order valence-electron chi connectivity index (χ0n) is 13.1. The van der Waals surface area contributed by atoms with Crippen molar-refractivity contribution in [1.82, 2.24) is 5.32 Å². The van der Waals surface area contributed by atoms with Crippen molar-refractivity contribution in [3.63, 3.8) is 0 Å². The fourth-order valence-electron chi connectivity index (χ4n) is 1.82. The third-order valence-corrected chi connectivity index (χ3v) is 5.05. The highest BCUT2D eigenvalue weighted by molar-refractivity contribution is 7.99. The van der Waals surface area contributed by atoms with Crippen LogP contribution in [-0.4, -0.2) is 40.3 Å². The van der Waals surface area contributed by atoms with Crippen LogP contribution in [0.5, 0.6) is 0 Å². The Hall–Kier alpha value is -0.680. The molecule has 0 unspecified atom stereocenters. The van der Waals surface area contributed by atoms with Crippen molar-refractivity contribution in [3.8, 4) is 0 Å². The molecule has 0 aliphatic carbocycles. The predicted octanol–water partition coefficient (Wildman–Crippen LogP) is 2.73. The van der Waals surface area contributed by atoms with Gasteiger partial charge in [0.15, 0.2) is 0 Å². The van der Waals surface area contributed by atoms with Crippen LogP contribution in [0.25, 0.3) is 0 Å². The van der Waals surface area contributed by atoms with E-state index >= 15 is 0 Å². The van der Waals surface area contributed by atoms with Gasteiger partial charge in [0.2, 0.25) is 5.91 Å². The zero-order valence-corrected chi connectivity index (χ0v) is 13.9. The minimum absolute atomic E-state index is 0.0337. The number of amides is 1. The largest absolute Gasteiger partial charge is 0.511 e. The summed E-state index contributed by atoms with van der Waals surface area (Å²) in [6, 6.07) is -0.463. The first-order valence-electron chi connectivity index (χ1n) is 7.20. The molecule has 0 radical (unpaired) electrons. The van der Waals surface area contributed by atoms with E-state index in [0.29, 0.717) is 24.5 Å². The number of rotatable bonds is 10. The maximum Gasteiger partial charge on any atom is 0.229 e. The number of nitrogens with one attached hydrogen (secondary N) is 1. The molecule has 0 saturated carbocycles. The first-order valence-corrected chi connectivity index (χ1v) is 8.35. The molecule has 0 spiro atoms. The van der Waals surface area contributed by atoms with Gasteiger partial charge in [0, 0.05) is 5.75 Å². The highest BCUT2D eigenvalue weighted by Gasteiger charge is 2.35. The van der Waals surface area contributed by atoms with E-state index in [1.807, 2.05) is 13.8 Å². The van der Waals surface area contributed by atoms with Crippen LogP contribution in [0.3, 0.4) is 0 Å². The monoisotopic (exact) mass is 303 g/mol. The van der Waals surface area contributed by atoms with Gasteiger partial charge in [-0.3, -0.25) is 4.79 Å². The minimum Gasteiger partial charge on any atom is -0.511 e. The summed E-state index contributed by atoms with van der Waals surface area (Å²) in [5.74, 6) is 1.87. The van der Waals surface area contributed by atoms with Crippen molar-refractivity contribution in [2.75, 3.05) is 18.1 Å². The smallest absolute Gasteiger partial charge is 0.229 e. The lowest BCUT2D eigenvalue weighted by Gasteiger charge is -2.30. The summed E-state index contributed by atoms with van der Waals surface area (Å²) in [5.41, 5.74) is -0.767. The third-order valence-electron chi connectivity index (χ3n) is 3.58. The molecule has 0 rings (SSSR count). The Morgan fingerprint density at radius 3 is 2.20 bits per heavy atom. The average Bonchev–Trinajstić information content (AvgIpc) is 2.39. The Morgan fingerprint density at radius 2 is 1.85 bits per heavy atom. The summed E-state index contributed by atoms with van der Waals surface area (Å²) < 4.78 is 0. The standard InChI is InChI=1S/C15H29NO3S/c1-6-15(7-2,10-17)14(19)16-13(12(5)18)9-20-8-11(3)4/h11,13,17-18H,5-10H2,1-4H3,(H,16,19)/t13-/m0/s1. The van der Waals surface area contributed by atoms with E-state index in [2.05, 4.69) is 25.7 Å². The van der Waals surface area contributed by atoms with Gasteiger partial charge >= 0.3 is 0 Å². The van der Waals surface area contributed by atoms with Crippen LogP contribution < -0.4 is 5.32 Å². The SMILES string of the molecule is C=C(O)[C@H](CSCC(C)C)NC(=O)C(CC)(CC)CO. The Labute approximate surface area is 127 Å². The number of thioether (sulfide) groups is 1. The van der Waals surface area contributed by atoms with Crippen LogP contribution >= 0.6 is 11.8 Å². The molecule has 0 saturated heterocycles. The van der Waals surface area contributed by atoms with Gasteiger partial charge < -0.3 is 15.5 Å². The molecule has 0 fully saturated rings. The fourth-order valence-corrected chi connectivity index (χ4v) is 2.94. The number of carbonyl (C=O) groups is 1. The summed E-state index contributed by atoms with van der Waals surface area (Å²) in [6.45, 7) is 11.4. The Balaban J connectivity index is 4.65. The molecule has 0 heterocycles. The normalized spacial score (nSPS) is 13.3. The second kappa shape index (κ2) is 9.29. The molecule has 3 N–H and O–H groups in total. The quantitative estimate of drug-likeness (QED) is 0.543. The molecule has 1 amide bonds. The van der Waals surface area contributed by atoms with E-state index in [-0.39, 0.29) is 18.3 Å². The molecular formula is C15H29NO3S. The third kappa shape index (κ3) is 5.75. The first-order chi connectivity index (χ1) is 9.32. The number of aliphatic hydroxyl groups is 2. The van der Waals surface area contributed by atoms with Crippen molar-refractivity contribution in [3.05, 3.63) is 12.3 Å². The second-order valence-corrected chi connectivity index (χ2v) is 6.67. The van der Waals surface area contributed by atoms with Gasteiger partial charge in [-0.05, 0) is 24.5 Å². The van der Waals surface area contributed by atoms with Crippen LogP contribution in [-0.2, 0) is 4.79 Å². The van der Waals surface area contributed by atoms with E-state index in [4.69, 9.17) is 0 Å². The predicted molar refractivity (Wildman–Crippen MR) is 86.0 cm³/mol. The molecular weight excluding hydrogens is 274 g/mol. The minimum atomic E-state index is -0.767. The van der Waals surface area contributed by atoms with Crippen molar-refractivity contribution < 1.29 is 15.0 Å². The van der Waals surface area contributed by atoms with E-state index in [0.717, 1.165) is 5.75 Å². The van der Waals surface area contributed by atoms with Crippen LogP contribution in [0.4, 0.5) is 0 Å². The summed E-state index contributed by atoms with van der Waals surface area (Å²) in [6.07, 6.45) is 1.13. The zero-order chi connectivity index (χ0) is 15.8. The molecule has 20 heavy (non-hydrogen) atoms. The second-order valence-electron chi connectivity index (χ2n) is 5.59. The molecule has 0 aliphatic heterocycles. The van der Waals surface area contributed by atoms with E-state index in [1.165, 1.54) is 0 Å². The topological polar surface area (TPSA) is 69.6 Å². The molecule has 0 bridgehead atoms. The molecule has 1 atom stereocenters. The van der Waals surface area contributed by atoms with Gasteiger partial charge in [0.05, 0.1) is 18.1 Å². The first kappa shape index (κ1) is 19.3. The molecule has 0 aromatic carbocycles. The number of carbonyl (C=O) groups excluding carboxylic acids is 1. The molecule has 0 aliphatic rings. The van der Waals surface area contributed by atoms with Crippen LogP contribution in [0, 0.1) is 11.3 Å². The Morgan fingerprint density at radius 1 is 1.30 bits per heavy atom. The molecule has 4 nitrogen and oxygen atoms in total. The molecule has 0 aromatic heterocycles. The average molecular weight is 303 g/mol. The van der Waals surface area contributed by atoms with Crippen molar-refractivity contribution in [1.29, 1.82) is 0 Å².